The molecule has 0 aliphatic rings. The molecule has 0 aromatic heterocycles. The van der Waals surface area contributed by atoms with Gasteiger partial charge in [0.15, 0.2) is 0 Å². The minimum atomic E-state index is -3.88. The molecule has 0 heterocycles. The number of carbonyl (C=O) groups is 2. The molecule has 28 heavy (non-hydrogen) atoms. The van der Waals surface area contributed by atoms with E-state index in [1.807, 2.05) is 12.1 Å². The summed E-state index contributed by atoms with van der Waals surface area (Å²) < 4.78 is 37.8. The predicted molar refractivity (Wildman–Crippen MR) is 107 cm³/mol. The van der Waals surface area contributed by atoms with Crippen LogP contribution in [0, 0.1) is 0 Å². The van der Waals surface area contributed by atoms with E-state index in [0.717, 1.165) is 4.47 Å². The molecule has 150 valence electrons. The molecule has 0 radical (unpaired) electrons. The van der Waals surface area contributed by atoms with Gasteiger partial charge in [-0.25, -0.2) is 8.42 Å². The van der Waals surface area contributed by atoms with Gasteiger partial charge in [0.2, 0.25) is 15.9 Å². The molecule has 0 bridgehead atoms. The van der Waals surface area contributed by atoms with Crippen LogP contribution < -0.4 is 14.8 Å². The number of carbonyl (C=O) groups excluding carboxylic acids is 2. The van der Waals surface area contributed by atoms with Crippen molar-refractivity contribution in [1.82, 2.24) is 4.72 Å². The van der Waals surface area contributed by atoms with Crippen LogP contribution in [0.1, 0.15) is 6.92 Å². The molecule has 0 spiro atoms. The monoisotopic (exact) mass is 470 g/mol. The number of benzene rings is 2. The van der Waals surface area contributed by atoms with Gasteiger partial charge in [-0.2, -0.15) is 4.72 Å². The number of esters is 1. The number of hydrogen-bond acceptors (Lipinski definition) is 6. The molecule has 2 N–H and O–H groups in total. The van der Waals surface area contributed by atoms with Gasteiger partial charge >= 0.3 is 5.97 Å². The van der Waals surface area contributed by atoms with Crippen molar-refractivity contribution >= 4 is 43.5 Å². The average Bonchev–Trinajstić information content (AvgIpc) is 2.65. The molecule has 0 saturated carbocycles. The third kappa shape index (κ3) is 7.29. The van der Waals surface area contributed by atoms with E-state index in [1.54, 1.807) is 12.1 Å². The SMILES string of the molecule is CC(=O)Nc1ccc(S(=O)(=O)NCC(=O)OCCOc2ccc(Br)cc2)cc1. The lowest BCUT2D eigenvalue weighted by molar-refractivity contribution is -0.142. The fourth-order valence-corrected chi connectivity index (χ4v) is 3.29. The van der Waals surface area contributed by atoms with Crippen LogP contribution in [0.4, 0.5) is 5.69 Å². The maximum absolute atomic E-state index is 12.2. The summed E-state index contributed by atoms with van der Waals surface area (Å²) in [6.07, 6.45) is 0. The first-order chi connectivity index (χ1) is 13.3. The summed E-state index contributed by atoms with van der Waals surface area (Å²) in [5.74, 6) is -0.360. The van der Waals surface area contributed by atoms with E-state index < -0.39 is 22.5 Å². The zero-order chi connectivity index (χ0) is 20.6. The van der Waals surface area contributed by atoms with Crippen LogP contribution in [0.25, 0.3) is 0 Å². The Kier molecular flexibility index (Phi) is 7.97. The Bertz CT molecular complexity index is 914. The quantitative estimate of drug-likeness (QED) is 0.429. The van der Waals surface area contributed by atoms with Gasteiger partial charge in [0.25, 0.3) is 0 Å². The summed E-state index contributed by atoms with van der Waals surface area (Å²) in [5, 5.41) is 2.53. The number of nitrogens with one attached hydrogen (secondary N) is 2. The zero-order valence-electron chi connectivity index (χ0n) is 15.0. The summed E-state index contributed by atoms with van der Waals surface area (Å²) in [6.45, 7) is 0.975. The first kappa shape index (κ1) is 21.9. The second-order valence-corrected chi connectivity index (χ2v) is 8.24. The second-order valence-electron chi connectivity index (χ2n) is 5.55. The fraction of sp³-hybridized carbons (Fsp3) is 0.222. The molecule has 10 heteroatoms. The molecule has 0 atom stereocenters. The lowest BCUT2D eigenvalue weighted by atomic mass is 10.3. The van der Waals surface area contributed by atoms with Crippen molar-refractivity contribution in [3.05, 3.63) is 53.0 Å². The smallest absolute Gasteiger partial charge is 0.321 e. The Morgan fingerprint density at radius 1 is 1.00 bits per heavy atom. The standard InChI is InChI=1S/C18H19BrN2O6S/c1-13(22)21-15-4-8-17(9-5-15)28(24,25)20-12-18(23)27-11-10-26-16-6-2-14(19)3-7-16/h2-9,20H,10-12H2,1H3,(H,21,22). The highest BCUT2D eigenvalue weighted by Crippen LogP contribution is 2.16. The lowest BCUT2D eigenvalue weighted by Gasteiger charge is -2.09. The van der Waals surface area contributed by atoms with Gasteiger partial charge in [-0.15, -0.1) is 0 Å². The van der Waals surface area contributed by atoms with Crippen molar-refractivity contribution in [1.29, 1.82) is 0 Å². The Labute approximate surface area is 171 Å². The molecule has 0 aliphatic carbocycles. The Morgan fingerprint density at radius 2 is 1.64 bits per heavy atom. The number of hydrogen-bond donors (Lipinski definition) is 2. The molecule has 0 aliphatic heterocycles. The summed E-state index contributed by atoms with van der Waals surface area (Å²) in [4.78, 5) is 22.6. The van der Waals surface area contributed by atoms with Crippen LogP contribution in [-0.4, -0.2) is 40.1 Å². The Hall–Kier alpha value is -2.43. The summed E-state index contributed by atoms with van der Waals surface area (Å²) in [5.41, 5.74) is 0.469. The van der Waals surface area contributed by atoms with Gasteiger partial charge in [-0.1, -0.05) is 15.9 Å². The van der Waals surface area contributed by atoms with Gasteiger partial charge in [-0.05, 0) is 48.5 Å². The third-order valence-electron chi connectivity index (χ3n) is 3.32. The maximum atomic E-state index is 12.2. The van der Waals surface area contributed by atoms with E-state index in [2.05, 4.69) is 26.0 Å². The van der Waals surface area contributed by atoms with Crippen LogP contribution in [0.15, 0.2) is 57.9 Å². The van der Waals surface area contributed by atoms with E-state index in [4.69, 9.17) is 9.47 Å². The van der Waals surface area contributed by atoms with E-state index in [-0.39, 0.29) is 24.0 Å². The van der Waals surface area contributed by atoms with E-state index in [0.29, 0.717) is 11.4 Å². The molecule has 0 fully saturated rings. The summed E-state index contributed by atoms with van der Waals surface area (Å²) >= 11 is 3.31. The second kappa shape index (κ2) is 10.2. The number of ether oxygens (including phenoxy) is 2. The van der Waals surface area contributed by atoms with Crippen molar-refractivity contribution in [2.45, 2.75) is 11.8 Å². The van der Waals surface area contributed by atoms with E-state index >= 15 is 0 Å². The van der Waals surface area contributed by atoms with Gasteiger partial charge < -0.3 is 14.8 Å². The first-order valence-electron chi connectivity index (χ1n) is 8.17. The Morgan fingerprint density at radius 3 is 2.25 bits per heavy atom. The van der Waals surface area contributed by atoms with E-state index in [1.165, 1.54) is 31.2 Å². The number of halogens is 1. The highest BCUT2D eigenvalue weighted by molar-refractivity contribution is 9.10. The molecule has 2 aromatic carbocycles. The molecule has 1 amide bonds. The molecular formula is C18H19BrN2O6S. The number of anilines is 1. The van der Waals surface area contributed by atoms with Crippen LogP contribution in [0.2, 0.25) is 0 Å². The number of sulfonamides is 1. The number of rotatable bonds is 9. The predicted octanol–water partition coefficient (Wildman–Crippen LogP) is 2.31. The summed E-state index contributed by atoms with van der Waals surface area (Å²) in [6, 6.07) is 12.7. The zero-order valence-corrected chi connectivity index (χ0v) is 17.4. The molecular weight excluding hydrogens is 452 g/mol. The van der Waals surface area contributed by atoms with Crippen molar-refractivity contribution in [3.63, 3.8) is 0 Å². The minimum absolute atomic E-state index is 0.0119. The normalized spacial score (nSPS) is 10.9. The first-order valence-corrected chi connectivity index (χ1v) is 10.5. The molecule has 8 nitrogen and oxygen atoms in total. The number of amides is 1. The van der Waals surface area contributed by atoms with Crippen LogP contribution in [0.3, 0.4) is 0 Å². The highest BCUT2D eigenvalue weighted by atomic mass is 79.9. The van der Waals surface area contributed by atoms with Crippen LogP contribution in [0.5, 0.6) is 5.75 Å². The Balaban J connectivity index is 1.74. The van der Waals surface area contributed by atoms with Gasteiger partial charge in [0.05, 0.1) is 4.90 Å². The fourth-order valence-electron chi connectivity index (χ4n) is 2.05. The minimum Gasteiger partial charge on any atom is -0.490 e. The van der Waals surface area contributed by atoms with Gasteiger partial charge in [0.1, 0.15) is 25.5 Å². The molecule has 0 saturated heterocycles. The highest BCUT2D eigenvalue weighted by Gasteiger charge is 2.16. The molecule has 2 aromatic rings. The largest absolute Gasteiger partial charge is 0.490 e. The maximum Gasteiger partial charge on any atom is 0.321 e. The summed E-state index contributed by atoms with van der Waals surface area (Å²) in [7, 11) is -3.88. The van der Waals surface area contributed by atoms with Gasteiger partial charge in [0, 0.05) is 17.1 Å². The van der Waals surface area contributed by atoms with Crippen LogP contribution >= 0.6 is 15.9 Å². The molecule has 0 unspecified atom stereocenters. The van der Waals surface area contributed by atoms with Crippen molar-refractivity contribution in [2.75, 3.05) is 25.1 Å². The van der Waals surface area contributed by atoms with E-state index in [9.17, 15) is 18.0 Å². The van der Waals surface area contributed by atoms with Crippen molar-refractivity contribution < 1.29 is 27.5 Å². The average molecular weight is 471 g/mol. The lowest BCUT2D eigenvalue weighted by Crippen LogP contribution is -2.31. The van der Waals surface area contributed by atoms with Crippen LogP contribution in [-0.2, 0) is 24.3 Å². The van der Waals surface area contributed by atoms with Crippen molar-refractivity contribution in [3.8, 4) is 5.75 Å². The van der Waals surface area contributed by atoms with Crippen molar-refractivity contribution in [2.24, 2.45) is 0 Å². The molecule has 2 rings (SSSR count). The van der Waals surface area contributed by atoms with Gasteiger partial charge in [-0.3, -0.25) is 9.59 Å². The topological polar surface area (TPSA) is 111 Å². The third-order valence-corrected chi connectivity index (χ3v) is 5.27.